The topological polar surface area (TPSA) is 110 Å². The number of nitrogen functional groups attached to an aromatic ring is 1. The number of nitrogens with two attached hydrogens (primary N) is 1. The van der Waals surface area contributed by atoms with Crippen molar-refractivity contribution in [2.75, 3.05) is 18.8 Å². The normalized spacial score (nSPS) is 15.4. The fourth-order valence-electron chi connectivity index (χ4n) is 4.53. The molecule has 36 heavy (non-hydrogen) atoms. The second kappa shape index (κ2) is 9.55. The molecule has 8 nitrogen and oxygen atoms in total. The zero-order valence-electron chi connectivity index (χ0n) is 19.3. The van der Waals surface area contributed by atoms with Gasteiger partial charge in [-0.15, -0.1) is 0 Å². The molecule has 3 aromatic heterocycles. The predicted octanol–water partition coefficient (Wildman–Crippen LogP) is 4.17. The van der Waals surface area contributed by atoms with Crippen LogP contribution in [-0.4, -0.2) is 54.7 Å². The fourth-order valence-corrected chi connectivity index (χ4v) is 5.11. The summed E-state index contributed by atoms with van der Waals surface area (Å²) in [6.07, 6.45) is 3.58. The first-order valence-corrected chi connectivity index (χ1v) is 12.2. The average Bonchev–Trinajstić information content (AvgIpc) is 3.30. The lowest BCUT2D eigenvalue weighted by Crippen LogP contribution is -2.42. The molecule has 11 heteroatoms. The summed E-state index contributed by atoms with van der Waals surface area (Å²) in [5, 5.41) is 14.0. The number of nitrogens with zero attached hydrogens (tertiary/aromatic N) is 5. The summed E-state index contributed by atoms with van der Waals surface area (Å²) in [6.45, 7) is 2.51. The number of anilines is 1. The molecule has 0 unspecified atom stereocenters. The summed E-state index contributed by atoms with van der Waals surface area (Å²) in [5.41, 5.74) is 9.73. The lowest BCUT2D eigenvalue weighted by Gasteiger charge is -2.33. The molecule has 0 spiro atoms. The van der Waals surface area contributed by atoms with Gasteiger partial charge in [0.25, 0.3) is 5.91 Å². The number of pyridine rings is 1. The number of carbonyl (C=O) groups is 1. The van der Waals surface area contributed by atoms with E-state index in [9.17, 15) is 18.7 Å². The number of benzene rings is 1. The molecule has 1 saturated heterocycles. The summed E-state index contributed by atoms with van der Waals surface area (Å²) < 4.78 is 29.6. The minimum atomic E-state index is -1.02. The number of piperidine rings is 1. The maximum absolute atomic E-state index is 14.2. The third-order valence-corrected chi connectivity index (χ3v) is 7.29. The maximum atomic E-state index is 14.2. The third-order valence-electron chi connectivity index (χ3n) is 6.48. The number of aliphatic hydroxyl groups excluding tert-OH is 1. The van der Waals surface area contributed by atoms with Crippen LogP contribution in [0.15, 0.2) is 47.2 Å². The summed E-state index contributed by atoms with van der Waals surface area (Å²) >= 11 is 3.57. The highest BCUT2D eigenvalue weighted by Crippen LogP contribution is 2.37. The van der Waals surface area contributed by atoms with Gasteiger partial charge < -0.3 is 15.7 Å². The lowest BCUT2D eigenvalue weighted by molar-refractivity contribution is -0.140. The summed E-state index contributed by atoms with van der Waals surface area (Å²) in [6, 6.07) is 6.81. The van der Waals surface area contributed by atoms with E-state index < -0.39 is 17.7 Å². The van der Waals surface area contributed by atoms with E-state index in [2.05, 4.69) is 26.0 Å². The van der Waals surface area contributed by atoms with Crippen LogP contribution in [0.1, 0.15) is 31.4 Å². The summed E-state index contributed by atoms with van der Waals surface area (Å²) in [7, 11) is 0. The van der Waals surface area contributed by atoms with E-state index in [4.69, 9.17) is 10.7 Å². The van der Waals surface area contributed by atoms with E-state index >= 15 is 0 Å². The zero-order valence-corrected chi connectivity index (χ0v) is 20.9. The van der Waals surface area contributed by atoms with Crippen LogP contribution in [0.5, 0.6) is 0 Å². The molecule has 1 atom stereocenters. The molecule has 1 aliphatic rings. The van der Waals surface area contributed by atoms with Crippen molar-refractivity contribution in [3.8, 4) is 22.4 Å². The quantitative estimate of drug-likeness (QED) is 0.390. The Morgan fingerprint density at radius 3 is 2.56 bits per heavy atom. The molecule has 0 radical (unpaired) electrons. The van der Waals surface area contributed by atoms with E-state index in [0.717, 1.165) is 11.8 Å². The van der Waals surface area contributed by atoms with Gasteiger partial charge in [-0.1, -0.05) is 6.07 Å². The molecule has 5 rings (SSSR count). The van der Waals surface area contributed by atoms with Gasteiger partial charge in [0.05, 0.1) is 22.1 Å². The summed E-state index contributed by atoms with van der Waals surface area (Å²) in [5.74, 6) is -1.14. The molecule has 4 aromatic rings. The zero-order chi connectivity index (χ0) is 25.6. The van der Waals surface area contributed by atoms with Crippen LogP contribution in [0.4, 0.5) is 14.6 Å². The summed E-state index contributed by atoms with van der Waals surface area (Å²) in [4.78, 5) is 23.1. The Labute approximate surface area is 213 Å². The van der Waals surface area contributed by atoms with E-state index in [1.54, 1.807) is 33.9 Å². The molecule has 3 N–H and O–H groups in total. The van der Waals surface area contributed by atoms with Crippen LogP contribution >= 0.6 is 15.9 Å². The number of carbonyl (C=O) groups excluding carboxylic acids is 1. The highest BCUT2D eigenvalue weighted by atomic mass is 79.9. The van der Waals surface area contributed by atoms with Crippen molar-refractivity contribution >= 4 is 33.3 Å². The standard InChI is InChI=1S/C25H23BrF2N6O2/c1-13(35)25(36)33-8-6-14(7-9-33)22-21(26)23(29)34-24(32-22)18(12-31-34)15-2-5-20(30-11-15)17-4-3-16(27)10-19(17)28/h2-5,10-14,35H,6-9,29H2,1H3/t13-/m1/s1. The number of hydrogen-bond acceptors (Lipinski definition) is 6. The Hall–Kier alpha value is -3.44. The number of rotatable bonds is 4. The van der Waals surface area contributed by atoms with Crippen molar-refractivity contribution in [2.45, 2.75) is 31.8 Å². The molecular weight excluding hydrogens is 534 g/mol. The first-order chi connectivity index (χ1) is 17.2. The average molecular weight is 557 g/mol. The molecular formula is C25H23BrF2N6O2. The van der Waals surface area contributed by atoms with Gasteiger partial charge in [0, 0.05) is 48.0 Å². The predicted molar refractivity (Wildman–Crippen MR) is 134 cm³/mol. The minimum Gasteiger partial charge on any atom is -0.384 e. The van der Waals surface area contributed by atoms with Crippen LogP contribution in [-0.2, 0) is 4.79 Å². The number of fused-ring (bicyclic) bond motifs is 1. The number of aromatic nitrogens is 4. The maximum Gasteiger partial charge on any atom is 0.251 e. The number of amides is 1. The van der Waals surface area contributed by atoms with Crippen molar-refractivity contribution in [1.29, 1.82) is 0 Å². The van der Waals surface area contributed by atoms with Crippen molar-refractivity contribution in [1.82, 2.24) is 24.5 Å². The van der Waals surface area contributed by atoms with E-state index in [1.165, 1.54) is 19.1 Å². The van der Waals surface area contributed by atoms with Crippen LogP contribution in [0, 0.1) is 11.6 Å². The van der Waals surface area contributed by atoms with Gasteiger partial charge in [0.1, 0.15) is 23.6 Å². The molecule has 1 aromatic carbocycles. The largest absolute Gasteiger partial charge is 0.384 e. The van der Waals surface area contributed by atoms with Crippen LogP contribution in [0.25, 0.3) is 28.0 Å². The van der Waals surface area contributed by atoms with Gasteiger partial charge in [0.2, 0.25) is 0 Å². The van der Waals surface area contributed by atoms with Gasteiger partial charge in [-0.3, -0.25) is 9.78 Å². The van der Waals surface area contributed by atoms with Crippen LogP contribution in [0.2, 0.25) is 0 Å². The van der Waals surface area contributed by atoms with Crippen molar-refractivity contribution in [2.24, 2.45) is 0 Å². The Bertz CT molecular complexity index is 1450. The van der Waals surface area contributed by atoms with Crippen molar-refractivity contribution in [3.05, 3.63) is 64.5 Å². The van der Waals surface area contributed by atoms with Gasteiger partial charge in [-0.05, 0) is 53.9 Å². The highest BCUT2D eigenvalue weighted by molar-refractivity contribution is 9.10. The lowest BCUT2D eigenvalue weighted by atomic mass is 9.93. The molecule has 1 aliphatic heterocycles. The third kappa shape index (κ3) is 4.33. The van der Waals surface area contributed by atoms with Crippen LogP contribution in [0.3, 0.4) is 0 Å². The number of likely N-dealkylation sites (tertiary alicyclic amines) is 1. The molecule has 186 valence electrons. The number of aliphatic hydroxyl groups is 1. The molecule has 0 aliphatic carbocycles. The molecule has 0 bridgehead atoms. The number of hydrogen-bond donors (Lipinski definition) is 2. The van der Waals surface area contributed by atoms with E-state index in [0.29, 0.717) is 58.7 Å². The number of halogens is 3. The van der Waals surface area contributed by atoms with Crippen molar-refractivity contribution < 1.29 is 18.7 Å². The van der Waals surface area contributed by atoms with Crippen LogP contribution < -0.4 is 5.73 Å². The Kier molecular flexibility index (Phi) is 6.44. The van der Waals surface area contributed by atoms with Gasteiger partial charge in [-0.25, -0.2) is 13.8 Å². The second-order valence-electron chi connectivity index (χ2n) is 8.82. The highest BCUT2D eigenvalue weighted by Gasteiger charge is 2.29. The monoisotopic (exact) mass is 556 g/mol. The van der Waals surface area contributed by atoms with Crippen molar-refractivity contribution in [3.63, 3.8) is 0 Å². The molecule has 0 saturated carbocycles. The van der Waals surface area contributed by atoms with Gasteiger partial charge in [0.15, 0.2) is 5.65 Å². The Morgan fingerprint density at radius 2 is 1.92 bits per heavy atom. The fraction of sp³-hybridized carbons (Fsp3) is 0.280. The Morgan fingerprint density at radius 1 is 1.17 bits per heavy atom. The smallest absolute Gasteiger partial charge is 0.251 e. The minimum absolute atomic E-state index is 0.0643. The first-order valence-electron chi connectivity index (χ1n) is 11.5. The Balaban J connectivity index is 1.46. The molecule has 1 fully saturated rings. The SMILES string of the molecule is C[C@@H](O)C(=O)N1CCC(c2nc3c(-c4ccc(-c5ccc(F)cc5F)nc4)cnn3c(N)c2Br)CC1. The first kappa shape index (κ1) is 24.3. The molecule has 1 amide bonds. The van der Waals surface area contributed by atoms with E-state index in [1.807, 2.05) is 0 Å². The molecule has 4 heterocycles. The second-order valence-corrected chi connectivity index (χ2v) is 9.61. The van der Waals surface area contributed by atoms with Gasteiger partial charge in [-0.2, -0.15) is 9.61 Å². The van der Waals surface area contributed by atoms with E-state index in [-0.39, 0.29) is 17.4 Å². The van der Waals surface area contributed by atoms with Gasteiger partial charge >= 0.3 is 0 Å².